The number of aromatic nitrogens is 1. The Morgan fingerprint density at radius 2 is 1.94 bits per heavy atom. The number of hydrogen-bond acceptors (Lipinski definition) is 6. The van der Waals surface area contributed by atoms with Crippen molar-refractivity contribution in [3.8, 4) is 11.5 Å². The van der Waals surface area contributed by atoms with Crippen LogP contribution in [-0.4, -0.2) is 72.7 Å². The average Bonchev–Trinajstić information content (AvgIpc) is 3.19. The van der Waals surface area contributed by atoms with Crippen molar-refractivity contribution in [2.45, 2.75) is 18.1 Å². The zero-order chi connectivity index (χ0) is 25.1. The summed E-state index contributed by atoms with van der Waals surface area (Å²) in [5.41, 5.74) is 1.21. The van der Waals surface area contributed by atoms with E-state index >= 15 is 0 Å². The van der Waals surface area contributed by atoms with E-state index < -0.39 is 5.60 Å². The van der Waals surface area contributed by atoms with E-state index in [4.69, 9.17) is 14.2 Å². The maximum atomic E-state index is 14.0. The topological polar surface area (TPSA) is 81.2 Å². The Hall–Kier alpha value is -3.91. The summed E-state index contributed by atoms with van der Waals surface area (Å²) in [5.74, 6) is 0.483. The molecule has 3 aromatic rings. The summed E-state index contributed by atoms with van der Waals surface area (Å²) in [5, 5.41) is 0. The van der Waals surface area contributed by atoms with Gasteiger partial charge in [-0.05, 0) is 29.3 Å². The fourth-order valence-corrected chi connectivity index (χ4v) is 5.18. The molecule has 186 valence electrons. The molecule has 0 N–H and O–H groups in total. The van der Waals surface area contributed by atoms with Gasteiger partial charge in [-0.2, -0.15) is 0 Å². The Labute approximate surface area is 210 Å². The summed E-state index contributed by atoms with van der Waals surface area (Å²) in [6, 6.07) is 18.8. The van der Waals surface area contributed by atoms with E-state index in [1.165, 1.54) is 7.11 Å². The summed E-state index contributed by atoms with van der Waals surface area (Å²) in [6.45, 7) is 1.73. The summed E-state index contributed by atoms with van der Waals surface area (Å²) >= 11 is 0. The molecule has 2 saturated heterocycles. The van der Waals surface area contributed by atoms with E-state index in [-0.39, 0.29) is 30.9 Å². The van der Waals surface area contributed by atoms with Crippen LogP contribution in [0, 0.1) is 0 Å². The monoisotopic (exact) mass is 487 g/mol. The van der Waals surface area contributed by atoms with Crippen molar-refractivity contribution in [1.82, 2.24) is 14.8 Å². The number of carbonyl (C=O) groups is 2. The molecule has 3 heterocycles. The molecule has 2 unspecified atom stereocenters. The van der Waals surface area contributed by atoms with Gasteiger partial charge in [0.25, 0.3) is 11.8 Å². The van der Waals surface area contributed by atoms with E-state index in [0.29, 0.717) is 36.7 Å². The predicted molar refractivity (Wildman–Crippen MR) is 133 cm³/mol. The van der Waals surface area contributed by atoms with Gasteiger partial charge in [0.1, 0.15) is 11.5 Å². The first-order valence-corrected chi connectivity index (χ1v) is 11.9. The van der Waals surface area contributed by atoms with Crippen molar-refractivity contribution < 1.29 is 23.8 Å². The van der Waals surface area contributed by atoms with Crippen LogP contribution in [0.2, 0.25) is 0 Å². The lowest BCUT2D eigenvalue weighted by Crippen LogP contribution is -2.59. The Morgan fingerprint density at radius 3 is 2.67 bits per heavy atom. The average molecular weight is 488 g/mol. The molecule has 1 spiro atoms. The first kappa shape index (κ1) is 23.8. The van der Waals surface area contributed by atoms with Crippen LogP contribution in [0.3, 0.4) is 0 Å². The maximum absolute atomic E-state index is 14.0. The molecule has 8 nitrogen and oxygen atoms in total. The molecule has 0 radical (unpaired) electrons. The highest BCUT2D eigenvalue weighted by atomic mass is 16.5. The minimum atomic E-state index is -1.17. The second-order valence-corrected chi connectivity index (χ2v) is 9.04. The third-order valence-corrected chi connectivity index (χ3v) is 6.99. The third kappa shape index (κ3) is 4.28. The second-order valence-electron chi connectivity index (χ2n) is 9.04. The molecule has 2 amide bonds. The lowest BCUT2D eigenvalue weighted by Gasteiger charge is -2.42. The predicted octanol–water partition coefficient (Wildman–Crippen LogP) is 3.14. The number of carbonyl (C=O) groups excluding carboxylic acids is 2. The van der Waals surface area contributed by atoms with Gasteiger partial charge in [-0.1, -0.05) is 36.4 Å². The molecule has 2 aliphatic rings. The van der Waals surface area contributed by atoms with Crippen molar-refractivity contribution in [2.75, 3.05) is 40.5 Å². The fraction of sp³-hybridized carbons (Fsp3) is 0.321. The first-order chi connectivity index (χ1) is 17.6. The van der Waals surface area contributed by atoms with E-state index in [1.807, 2.05) is 47.4 Å². The molecule has 2 aliphatic heterocycles. The van der Waals surface area contributed by atoms with Crippen molar-refractivity contribution in [2.24, 2.45) is 0 Å². The van der Waals surface area contributed by atoms with Crippen molar-refractivity contribution in [3.63, 3.8) is 0 Å². The Bertz CT molecular complexity index is 1240. The van der Waals surface area contributed by atoms with E-state index in [1.54, 1.807) is 42.6 Å². The molecule has 2 atom stereocenters. The van der Waals surface area contributed by atoms with Gasteiger partial charge < -0.3 is 24.0 Å². The lowest BCUT2D eigenvalue weighted by molar-refractivity contribution is -0.160. The Balaban J connectivity index is 1.48. The Morgan fingerprint density at radius 1 is 1.11 bits per heavy atom. The van der Waals surface area contributed by atoms with E-state index in [0.717, 1.165) is 11.1 Å². The summed E-state index contributed by atoms with van der Waals surface area (Å²) in [7, 11) is 3.09. The molecule has 5 rings (SSSR count). The molecule has 0 bridgehead atoms. The van der Waals surface area contributed by atoms with Crippen LogP contribution in [-0.2, 0) is 16.1 Å². The minimum absolute atomic E-state index is 0.112. The van der Waals surface area contributed by atoms with Crippen molar-refractivity contribution >= 4 is 11.8 Å². The van der Waals surface area contributed by atoms with Gasteiger partial charge in [0.15, 0.2) is 5.60 Å². The molecule has 36 heavy (non-hydrogen) atoms. The van der Waals surface area contributed by atoms with E-state index in [9.17, 15) is 9.59 Å². The number of pyridine rings is 1. The lowest BCUT2D eigenvalue weighted by atomic mass is 9.83. The molecule has 8 heteroatoms. The second kappa shape index (κ2) is 9.99. The summed E-state index contributed by atoms with van der Waals surface area (Å²) in [4.78, 5) is 35.3. The highest BCUT2D eigenvalue weighted by Gasteiger charge is 2.58. The number of rotatable bonds is 6. The van der Waals surface area contributed by atoms with Gasteiger partial charge in [0.2, 0.25) is 0 Å². The minimum Gasteiger partial charge on any atom is -0.497 e. The van der Waals surface area contributed by atoms with Crippen molar-refractivity contribution in [1.29, 1.82) is 0 Å². The first-order valence-electron chi connectivity index (χ1n) is 11.9. The van der Waals surface area contributed by atoms with Crippen LogP contribution in [0.5, 0.6) is 11.5 Å². The number of morpholine rings is 1. The van der Waals surface area contributed by atoms with Crippen LogP contribution in [0.25, 0.3) is 0 Å². The molecular formula is C28H29N3O5. The van der Waals surface area contributed by atoms with Gasteiger partial charge >= 0.3 is 0 Å². The summed E-state index contributed by atoms with van der Waals surface area (Å²) < 4.78 is 17.1. The van der Waals surface area contributed by atoms with Crippen LogP contribution in [0.1, 0.15) is 27.4 Å². The molecule has 0 aliphatic carbocycles. The van der Waals surface area contributed by atoms with Crippen LogP contribution < -0.4 is 9.47 Å². The number of methoxy groups -OCH3 is 2. The molecule has 1 aromatic heterocycles. The third-order valence-electron chi connectivity index (χ3n) is 6.99. The maximum Gasteiger partial charge on any atom is 0.257 e. The molecule has 2 fully saturated rings. The molecule has 0 saturated carbocycles. The van der Waals surface area contributed by atoms with Crippen molar-refractivity contribution in [3.05, 3.63) is 89.7 Å². The quantitative estimate of drug-likeness (QED) is 0.532. The SMILES string of the molecule is COc1ccc(C(=O)N2CCOC3(C2)C(=O)N(Cc2cccnc2)CC3c2ccccc2)c(OC)c1. The number of amides is 2. The van der Waals surface area contributed by atoms with Gasteiger partial charge in [-0.25, -0.2) is 0 Å². The van der Waals surface area contributed by atoms with Gasteiger partial charge in [-0.15, -0.1) is 0 Å². The van der Waals surface area contributed by atoms with Crippen LogP contribution in [0.15, 0.2) is 73.1 Å². The largest absolute Gasteiger partial charge is 0.497 e. The van der Waals surface area contributed by atoms with Gasteiger partial charge in [-0.3, -0.25) is 14.6 Å². The summed E-state index contributed by atoms with van der Waals surface area (Å²) in [6.07, 6.45) is 3.48. The Kier molecular flexibility index (Phi) is 6.61. The van der Waals surface area contributed by atoms with Gasteiger partial charge in [0.05, 0.1) is 32.9 Å². The van der Waals surface area contributed by atoms with Gasteiger partial charge in [0, 0.05) is 44.0 Å². The molecular weight excluding hydrogens is 458 g/mol. The number of nitrogens with zero attached hydrogens (tertiary/aromatic N) is 3. The highest BCUT2D eigenvalue weighted by Crippen LogP contribution is 2.43. The normalized spacial score (nSPS) is 21.6. The smallest absolute Gasteiger partial charge is 0.257 e. The number of ether oxygens (including phenoxy) is 3. The fourth-order valence-electron chi connectivity index (χ4n) is 5.18. The number of hydrogen-bond donors (Lipinski definition) is 0. The van der Waals surface area contributed by atoms with Crippen LogP contribution in [0.4, 0.5) is 0 Å². The zero-order valence-electron chi connectivity index (χ0n) is 20.4. The standard InChI is InChI=1S/C28H29N3O5/c1-34-22-10-11-23(25(15-22)35-2)26(32)30-13-14-36-28(19-30)24(21-8-4-3-5-9-21)18-31(27(28)33)17-20-7-6-12-29-16-20/h3-12,15-16,24H,13-14,17-19H2,1-2H3. The van der Waals surface area contributed by atoms with E-state index in [2.05, 4.69) is 4.98 Å². The highest BCUT2D eigenvalue weighted by molar-refractivity contribution is 5.98. The number of likely N-dealkylation sites (tertiary alicyclic amines) is 1. The molecule has 2 aromatic carbocycles. The van der Waals surface area contributed by atoms with Crippen LogP contribution >= 0.6 is 0 Å². The number of benzene rings is 2. The zero-order valence-corrected chi connectivity index (χ0v) is 20.4.